The zero-order valence-corrected chi connectivity index (χ0v) is 8.68. The van der Waals surface area contributed by atoms with Crippen LogP contribution in [0.15, 0.2) is 0 Å². The molecule has 1 atom stereocenters. The second kappa shape index (κ2) is 4.23. The maximum atomic E-state index is 11.2. The zero-order valence-electron chi connectivity index (χ0n) is 8.68. The van der Waals surface area contributed by atoms with Crippen molar-refractivity contribution in [3.05, 3.63) is 0 Å². The van der Waals surface area contributed by atoms with Crippen LogP contribution in [-0.2, 0) is 4.79 Å². The van der Waals surface area contributed by atoms with E-state index in [1.807, 2.05) is 6.92 Å². The van der Waals surface area contributed by atoms with Gasteiger partial charge in [0.15, 0.2) is 0 Å². The Bertz CT molecular complexity index is 181. The molecule has 0 saturated heterocycles. The molecule has 2 heteroatoms. The Morgan fingerprint density at radius 1 is 1.46 bits per heavy atom. The van der Waals surface area contributed by atoms with Gasteiger partial charge >= 0.3 is 0 Å². The molecule has 1 rings (SSSR count). The molecule has 2 nitrogen and oxygen atoms in total. The fraction of sp³-hybridized carbons (Fsp3) is 0.909. The van der Waals surface area contributed by atoms with Crippen molar-refractivity contribution in [2.45, 2.75) is 58.0 Å². The summed E-state index contributed by atoms with van der Waals surface area (Å²) in [6, 6.07) is 0. The number of aliphatic hydroxyl groups is 1. The number of carbonyl (C=O) groups is 1. The van der Waals surface area contributed by atoms with E-state index in [1.165, 1.54) is 0 Å². The highest BCUT2D eigenvalue weighted by atomic mass is 16.3. The first-order chi connectivity index (χ1) is 6.07. The van der Waals surface area contributed by atoms with Crippen LogP contribution in [0.1, 0.15) is 52.4 Å². The molecule has 76 valence electrons. The lowest BCUT2D eigenvalue weighted by Crippen LogP contribution is -2.29. The fourth-order valence-electron chi connectivity index (χ4n) is 2.27. The molecule has 0 amide bonds. The smallest absolute Gasteiger partial charge is 0.133 e. The summed E-state index contributed by atoms with van der Waals surface area (Å²) in [7, 11) is 0. The highest BCUT2D eigenvalue weighted by Gasteiger charge is 2.34. The maximum absolute atomic E-state index is 11.2. The van der Waals surface area contributed by atoms with Gasteiger partial charge in [-0.25, -0.2) is 0 Å². The molecule has 0 aromatic rings. The van der Waals surface area contributed by atoms with Gasteiger partial charge < -0.3 is 5.11 Å². The summed E-state index contributed by atoms with van der Waals surface area (Å²) in [5.41, 5.74) is -0.521. The fourth-order valence-corrected chi connectivity index (χ4v) is 2.27. The summed E-state index contributed by atoms with van der Waals surface area (Å²) < 4.78 is 0. The van der Waals surface area contributed by atoms with Crippen LogP contribution in [0.5, 0.6) is 0 Å². The van der Waals surface area contributed by atoms with Gasteiger partial charge in [0.25, 0.3) is 0 Å². The average molecular weight is 184 g/mol. The Balaban J connectivity index is 2.49. The molecule has 0 heterocycles. The van der Waals surface area contributed by atoms with Crippen molar-refractivity contribution in [3.63, 3.8) is 0 Å². The third-order valence-electron chi connectivity index (χ3n) is 3.23. The highest BCUT2D eigenvalue weighted by Crippen LogP contribution is 2.35. The van der Waals surface area contributed by atoms with Crippen LogP contribution in [0.2, 0.25) is 0 Å². The lowest BCUT2D eigenvalue weighted by atomic mass is 9.85. The molecule has 0 aliphatic heterocycles. The van der Waals surface area contributed by atoms with E-state index in [0.717, 1.165) is 32.1 Å². The van der Waals surface area contributed by atoms with Crippen LogP contribution in [-0.4, -0.2) is 16.5 Å². The topological polar surface area (TPSA) is 37.3 Å². The van der Waals surface area contributed by atoms with E-state index in [1.54, 1.807) is 6.92 Å². The van der Waals surface area contributed by atoms with E-state index in [0.29, 0.717) is 6.42 Å². The Labute approximate surface area is 80.3 Å². The van der Waals surface area contributed by atoms with Gasteiger partial charge in [0.1, 0.15) is 5.78 Å². The Hall–Kier alpha value is -0.370. The molecule has 0 radical (unpaired) electrons. The number of carbonyl (C=O) groups excluding carboxylic acids is 1. The normalized spacial score (nSPS) is 23.0. The number of hydrogen-bond acceptors (Lipinski definition) is 2. The van der Waals surface area contributed by atoms with Crippen molar-refractivity contribution < 1.29 is 9.90 Å². The largest absolute Gasteiger partial charge is 0.390 e. The van der Waals surface area contributed by atoms with Gasteiger partial charge in [0, 0.05) is 5.92 Å². The molecule has 1 aliphatic rings. The standard InChI is InChI=1S/C11H20O2/c1-3-10(9(2)12)8-11(13)6-4-5-7-11/h10,13H,3-8H2,1-2H3. The monoisotopic (exact) mass is 184 g/mol. The van der Waals surface area contributed by atoms with Gasteiger partial charge in [-0.3, -0.25) is 4.79 Å². The van der Waals surface area contributed by atoms with Gasteiger partial charge in [0.05, 0.1) is 5.60 Å². The molecule has 1 unspecified atom stereocenters. The molecule has 0 spiro atoms. The predicted molar refractivity (Wildman–Crippen MR) is 52.5 cm³/mol. The summed E-state index contributed by atoms with van der Waals surface area (Å²) >= 11 is 0. The van der Waals surface area contributed by atoms with Gasteiger partial charge in [-0.05, 0) is 32.6 Å². The number of hydrogen-bond donors (Lipinski definition) is 1. The minimum atomic E-state index is -0.521. The van der Waals surface area contributed by atoms with Gasteiger partial charge in [-0.15, -0.1) is 0 Å². The van der Waals surface area contributed by atoms with E-state index in [-0.39, 0.29) is 11.7 Å². The van der Waals surface area contributed by atoms with Crippen molar-refractivity contribution in [1.29, 1.82) is 0 Å². The maximum Gasteiger partial charge on any atom is 0.133 e. The Kier molecular flexibility index (Phi) is 3.48. The summed E-state index contributed by atoms with van der Waals surface area (Å²) in [6.45, 7) is 3.65. The molecular weight excluding hydrogens is 164 g/mol. The van der Waals surface area contributed by atoms with Crippen LogP contribution in [0.3, 0.4) is 0 Å². The molecule has 13 heavy (non-hydrogen) atoms. The summed E-state index contributed by atoms with van der Waals surface area (Å²) in [5, 5.41) is 10.1. The third-order valence-corrected chi connectivity index (χ3v) is 3.23. The second-order valence-corrected chi connectivity index (χ2v) is 4.35. The minimum absolute atomic E-state index is 0.0723. The first kappa shape index (κ1) is 10.7. The minimum Gasteiger partial charge on any atom is -0.390 e. The van der Waals surface area contributed by atoms with Crippen LogP contribution in [0.25, 0.3) is 0 Å². The average Bonchev–Trinajstić information content (AvgIpc) is 2.48. The van der Waals surface area contributed by atoms with E-state index >= 15 is 0 Å². The van der Waals surface area contributed by atoms with Crippen LogP contribution in [0.4, 0.5) is 0 Å². The van der Waals surface area contributed by atoms with Crippen LogP contribution in [0, 0.1) is 5.92 Å². The number of Topliss-reactive ketones (excluding diaryl/α,β-unsaturated/α-hetero) is 1. The molecular formula is C11H20O2. The van der Waals surface area contributed by atoms with Gasteiger partial charge in [-0.2, -0.15) is 0 Å². The van der Waals surface area contributed by atoms with E-state index in [4.69, 9.17) is 0 Å². The predicted octanol–water partition coefficient (Wildman–Crippen LogP) is 2.30. The third kappa shape index (κ3) is 2.80. The summed E-state index contributed by atoms with van der Waals surface area (Å²) in [6.07, 6.45) is 5.54. The number of ketones is 1. The molecule has 0 aromatic heterocycles. The first-order valence-corrected chi connectivity index (χ1v) is 5.30. The molecule has 1 aliphatic carbocycles. The van der Waals surface area contributed by atoms with Crippen molar-refractivity contribution >= 4 is 5.78 Å². The molecule has 1 fully saturated rings. The van der Waals surface area contributed by atoms with Crippen molar-refractivity contribution in [1.82, 2.24) is 0 Å². The lowest BCUT2D eigenvalue weighted by Gasteiger charge is -2.25. The first-order valence-electron chi connectivity index (χ1n) is 5.30. The summed E-state index contributed by atoms with van der Waals surface area (Å²) in [4.78, 5) is 11.2. The lowest BCUT2D eigenvalue weighted by molar-refractivity contribution is -0.123. The molecule has 0 aromatic carbocycles. The van der Waals surface area contributed by atoms with Gasteiger partial charge in [0.2, 0.25) is 0 Å². The summed E-state index contributed by atoms with van der Waals surface area (Å²) in [5.74, 6) is 0.297. The van der Waals surface area contributed by atoms with E-state index < -0.39 is 5.60 Å². The Morgan fingerprint density at radius 2 is 2.00 bits per heavy atom. The van der Waals surface area contributed by atoms with Crippen molar-refractivity contribution in [3.8, 4) is 0 Å². The van der Waals surface area contributed by atoms with E-state index in [2.05, 4.69) is 0 Å². The highest BCUT2D eigenvalue weighted by molar-refractivity contribution is 5.78. The van der Waals surface area contributed by atoms with Crippen molar-refractivity contribution in [2.75, 3.05) is 0 Å². The molecule has 0 bridgehead atoms. The van der Waals surface area contributed by atoms with Crippen LogP contribution >= 0.6 is 0 Å². The quantitative estimate of drug-likeness (QED) is 0.728. The SMILES string of the molecule is CCC(CC1(O)CCCC1)C(C)=O. The van der Waals surface area contributed by atoms with Crippen molar-refractivity contribution in [2.24, 2.45) is 5.92 Å². The second-order valence-electron chi connectivity index (χ2n) is 4.35. The number of rotatable bonds is 4. The molecule has 1 N–H and O–H groups in total. The zero-order chi connectivity index (χ0) is 9.90. The van der Waals surface area contributed by atoms with Crippen LogP contribution < -0.4 is 0 Å². The van der Waals surface area contributed by atoms with Gasteiger partial charge in [-0.1, -0.05) is 19.8 Å². The van der Waals surface area contributed by atoms with E-state index in [9.17, 15) is 9.90 Å². The Morgan fingerprint density at radius 3 is 2.38 bits per heavy atom. The molecule has 1 saturated carbocycles.